The molecule has 666 valence electrons. The minimum Gasteiger partial charge on any atom is -0.481 e. The van der Waals surface area contributed by atoms with Crippen LogP contribution in [0.2, 0.25) is 0 Å². The smallest absolute Gasteiger partial charge is 0.481 e. The number of carboxylic acids is 1. The summed E-state index contributed by atoms with van der Waals surface area (Å²) in [6.07, 6.45) is 1.69. The standard InChI is InChI=1S/C44H50N6O8.C35H44N6O4.C16H13NO7/c1-2-50(44(55)58-40-13-3-31(4-14-40)27-41(51)52)37-15-17-49(18-16-37)42(53)33-7-11-36(12-8-33)46-43(54)45-35-9-5-32(6-10-35)34-28-38(47-19-23-56-24-20-47)30-39(29-34)48-21-25-57-26-22-48;1-2-36-29-11-13-41(14-12-29)34(42)27-5-9-31(10-6-27)38-35(43)37-30-7-3-26(4-8-30)28-23-32(39-15-19-44-20-16-39)25-33(24-28)40-17-21-45-22-18-40;1-22-15(18)10-11-2-6-13(7-3-11)23-16(19)24-14-8-4-12(5-9-14)17(20)21/h3-14,28-30,37H,2,15-27H2,1H3,(H,51,52)(H2,45,46,54);3-10,23-25,29,36H,2,11-22H2,1H3,(H2,37,38,43);2-9H,10H2,1H3. The third-order valence-corrected chi connectivity index (χ3v) is 22.5. The van der Waals surface area contributed by atoms with E-state index in [0.717, 1.165) is 134 Å². The average molecular weight is 1730 g/mol. The first kappa shape index (κ1) is 91.0. The summed E-state index contributed by atoms with van der Waals surface area (Å²) in [6, 6.07) is 60.5. The zero-order chi connectivity index (χ0) is 89.0. The van der Waals surface area contributed by atoms with Crippen LogP contribution in [0.15, 0.2) is 206 Å². The molecule has 9 aromatic rings. The molecule has 127 heavy (non-hydrogen) atoms. The van der Waals surface area contributed by atoms with Gasteiger partial charge in [0.1, 0.15) is 17.2 Å². The number of nitro benzene ring substituents is 1. The van der Waals surface area contributed by atoms with Gasteiger partial charge < -0.3 is 104 Å². The largest absolute Gasteiger partial charge is 0.519 e. The van der Waals surface area contributed by atoms with Crippen molar-refractivity contribution in [3.63, 3.8) is 0 Å². The van der Waals surface area contributed by atoms with Gasteiger partial charge in [-0.15, -0.1) is 0 Å². The molecule has 0 spiro atoms. The molecule has 0 unspecified atom stereocenters. The zero-order valence-corrected chi connectivity index (χ0v) is 71.5. The van der Waals surface area contributed by atoms with Crippen molar-refractivity contribution in [2.45, 2.75) is 64.5 Å². The minimum atomic E-state index is -0.982. The number of morpholine rings is 4. The molecule has 6 aliphatic rings. The van der Waals surface area contributed by atoms with Crippen LogP contribution in [0.3, 0.4) is 0 Å². The van der Waals surface area contributed by atoms with Crippen molar-refractivity contribution in [2.24, 2.45) is 0 Å². The molecule has 6 N–H and O–H groups in total. The SMILES string of the molecule is CCN(C(=O)Oc1ccc(CC(=O)O)cc1)C1CCN(C(=O)c2ccc(NC(=O)Nc3ccc(-c4cc(N5CCOCC5)cc(N5CCOCC5)c4)cc3)cc2)CC1.CCNC1CCN(C(=O)c2ccc(NC(=O)Nc3ccc(-c4cc(N5CCOCC5)cc(N5CCOCC5)c4)cc3)cc2)CC1.COC(=O)Cc1ccc(OC(=O)Oc2ccc([N+](=O)[O-])cc2)cc1. The van der Waals surface area contributed by atoms with Gasteiger partial charge in [-0.25, -0.2) is 19.2 Å². The summed E-state index contributed by atoms with van der Waals surface area (Å²) in [7, 11) is 1.30. The van der Waals surface area contributed by atoms with E-state index < -0.39 is 29.2 Å². The van der Waals surface area contributed by atoms with Gasteiger partial charge in [0.2, 0.25) is 0 Å². The van der Waals surface area contributed by atoms with Gasteiger partial charge >= 0.3 is 36.2 Å². The molecular formula is C95H107N13O19. The number of non-ortho nitro benzene ring substituents is 1. The molecule has 0 atom stereocenters. The summed E-state index contributed by atoms with van der Waals surface area (Å²) in [5, 5.41) is 34.5. The summed E-state index contributed by atoms with van der Waals surface area (Å²) in [4.78, 5) is 124. The highest BCUT2D eigenvalue weighted by atomic mass is 16.7. The van der Waals surface area contributed by atoms with E-state index in [9.17, 15) is 48.5 Å². The molecule has 9 aromatic carbocycles. The van der Waals surface area contributed by atoms with Crippen molar-refractivity contribution in [1.29, 1.82) is 0 Å². The van der Waals surface area contributed by atoms with Gasteiger partial charge in [-0.3, -0.25) is 29.3 Å². The number of anilines is 8. The molecule has 15 rings (SSSR count). The highest BCUT2D eigenvalue weighted by Crippen LogP contribution is 2.36. The molecule has 6 heterocycles. The number of rotatable bonds is 24. The van der Waals surface area contributed by atoms with E-state index in [1.807, 2.05) is 60.4 Å². The van der Waals surface area contributed by atoms with Gasteiger partial charge in [-0.05, 0) is 218 Å². The van der Waals surface area contributed by atoms with E-state index in [4.69, 9.17) is 38.3 Å². The Morgan fingerprint density at radius 3 is 1.10 bits per heavy atom. The second-order valence-electron chi connectivity index (χ2n) is 31.0. The van der Waals surface area contributed by atoms with E-state index in [1.165, 1.54) is 66.3 Å². The Morgan fingerprint density at radius 2 is 0.764 bits per heavy atom. The maximum absolute atomic E-state index is 13.4. The lowest BCUT2D eigenvalue weighted by atomic mass is 10.0. The fourth-order valence-electron chi connectivity index (χ4n) is 15.6. The van der Waals surface area contributed by atoms with Crippen LogP contribution < -0.4 is 60.4 Å². The lowest BCUT2D eigenvalue weighted by Gasteiger charge is -2.37. The minimum absolute atomic E-state index is 0.0357. The van der Waals surface area contributed by atoms with Crippen molar-refractivity contribution < 1.29 is 86.3 Å². The molecule has 0 saturated carbocycles. The first-order chi connectivity index (χ1) is 61.7. The number of benzene rings is 9. The Bertz CT molecular complexity index is 5120. The number of likely N-dealkylation sites (tertiary alicyclic amines) is 2. The number of methoxy groups -OCH3 is 1. The number of amides is 7. The normalized spacial score (nSPS) is 15.5. The van der Waals surface area contributed by atoms with Crippen molar-refractivity contribution in [3.8, 4) is 39.5 Å². The predicted molar refractivity (Wildman–Crippen MR) is 484 cm³/mol. The van der Waals surface area contributed by atoms with Crippen LogP contribution in [-0.4, -0.2) is 236 Å². The van der Waals surface area contributed by atoms with Gasteiger partial charge in [0.15, 0.2) is 0 Å². The monoisotopic (exact) mass is 1730 g/mol. The number of esters is 1. The summed E-state index contributed by atoms with van der Waals surface area (Å²) in [5.74, 6) is -0.692. The molecule has 0 aliphatic carbocycles. The van der Waals surface area contributed by atoms with Gasteiger partial charge in [0, 0.05) is 166 Å². The third kappa shape index (κ3) is 26.5. The Balaban J connectivity index is 0.000000177. The highest BCUT2D eigenvalue weighted by molar-refractivity contribution is 6.02. The number of ether oxygens (including phenoxy) is 8. The van der Waals surface area contributed by atoms with Gasteiger partial charge in [0.05, 0.1) is 77.7 Å². The van der Waals surface area contributed by atoms with Crippen LogP contribution in [0.25, 0.3) is 22.3 Å². The number of aliphatic carboxylic acids is 1. The topological polar surface area (TPSA) is 357 Å². The number of urea groups is 2. The van der Waals surface area contributed by atoms with Gasteiger partial charge in [-0.2, -0.15) is 0 Å². The lowest BCUT2D eigenvalue weighted by molar-refractivity contribution is -0.384. The molecule has 6 fully saturated rings. The Hall–Kier alpha value is -13.7. The van der Waals surface area contributed by atoms with E-state index in [-0.39, 0.29) is 59.9 Å². The van der Waals surface area contributed by atoms with Crippen LogP contribution in [0, 0.1) is 10.1 Å². The maximum Gasteiger partial charge on any atom is 0.519 e. The van der Waals surface area contributed by atoms with Crippen LogP contribution >= 0.6 is 0 Å². The summed E-state index contributed by atoms with van der Waals surface area (Å²) >= 11 is 0. The average Bonchev–Trinajstić information content (AvgIpc) is 0.817. The molecule has 6 aliphatic heterocycles. The molecule has 0 bridgehead atoms. The van der Waals surface area contributed by atoms with Crippen molar-refractivity contribution >= 4 is 99.3 Å². The molecule has 0 radical (unpaired) electrons. The van der Waals surface area contributed by atoms with Crippen molar-refractivity contribution in [2.75, 3.05) is 192 Å². The van der Waals surface area contributed by atoms with E-state index >= 15 is 0 Å². The number of carboxylic acid groups (broad SMARTS) is 1. The maximum atomic E-state index is 13.4. The Kier molecular flexibility index (Phi) is 32.5. The number of carbonyl (C=O) groups excluding carboxylic acids is 7. The fraction of sp³-hybridized carbons (Fsp3) is 0.347. The van der Waals surface area contributed by atoms with Crippen LogP contribution in [0.1, 0.15) is 71.4 Å². The fourth-order valence-corrected chi connectivity index (χ4v) is 15.6. The molecule has 6 saturated heterocycles. The Morgan fingerprint density at radius 1 is 0.425 bits per heavy atom. The van der Waals surface area contributed by atoms with Gasteiger partial charge in [0.25, 0.3) is 17.5 Å². The van der Waals surface area contributed by atoms with E-state index in [0.29, 0.717) is 116 Å². The summed E-state index contributed by atoms with van der Waals surface area (Å²) in [6.45, 7) is 20.5. The zero-order valence-electron chi connectivity index (χ0n) is 71.5. The lowest BCUT2D eigenvalue weighted by Crippen LogP contribution is -2.49. The molecule has 7 amide bonds. The number of nitrogens with one attached hydrogen (secondary N) is 5. The molecular weight excluding hydrogens is 1630 g/mol. The van der Waals surface area contributed by atoms with Crippen LogP contribution in [-0.2, 0) is 46.1 Å². The van der Waals surface area contributed by atoms with Crippen molar-refractivity contribution in [1.82, 2.24) is 20.0 Å². The van der Waals surface area contributed by atoms with Crippen molar-refractivity contribution in [3.05, 3.63) is 239 Å². The second kappa shape index (κ2) is 45.3. The molecule has 32 heteroatoms. The first-order valence-electron chi connectivity index (χ1n) is 42.8. The Labute approximate surface area is 737 Å². The van der Waals surface area contributed by atoms with E-state index in [1.54, 1.807) is 94.7 Å². The third-order valence-electron chi connectivity index (χ3n) is 22.5. The second-order valence-corrected chi connectivity index (χ2v) is 31.0. The number of nitro groups is 1. The molecule has 32 nitrogen and oxygen atoms in total. The predicted octanol–water partition coefficient (Wildman–Crippen LogP) is 14.2. The number of carbonyl (C=O) groups is 8. The quantitative estimate of drug-likeness (QED) is 0.0142. The summed E-state index contributed by atoms with van der Waals surface area (Å²) < 4.78 is 42.4. The van der Waals surface area contributed by atoms with E-state index in [2.05, 4.69) is 94.2 Å². The first-order valence-corrected chi connectivity index (χ1v) is 42.8. The molecule has 0 aromatic heterocycles. The van der Waals surface area contributed by atoms with Crippen LogP contribution in [0.4, 0.5) is 70.4 Å². The number of hydrogen-bond acceptors (Lipinski definition) is 23. The number of hydrogen-bond donors (Lipinski definition) is 6. The number of nitrogens with zero attached hydrogens (tertiary/aromatic N) is 8. The van der Waals surface area contributed by atoms with Crippen LogP contribution in [0.5, 0.6) is 17.2 Å². The van der Waals surface area contributed by atoms with Gasteiger partial charge in [-0.1, -0.05) is 55.5 Å². The summed E-state index contributed by atoms with van der Waals surface area (Å²) in [5.41, 5.74) is 14.0. The number of piperidine rings is 2. The highest BCUT2D eigenvalue weighted by Gasteiger charge is 2.32.